The number of ether oxygens (including phenoxy) is 1. The van der Waals surface area contributed by atoms with Crippen LogP contribution in [-0.2, 0) is 16.8 Å². The Balaban J connectivity index is 1.52. The first-order chi connectivity index (χ1) is 10.7. The summed E-state index contributed by atoms with van der Waals surface area (Å²) in [5, 5.41) is 4.58. The third-order valence-electron chi connectivity index (χ3n) is 4.61. The Bertz CT molecular complexity index is 701. The van der Waals surface area contributed by atoms with E-state index in [2.05, 4.69) is 11.4 Å². The Morgan fingerprint density at radius 3 is 2.73 bits per heavy atom. The lowest BCUT2D eigenvalue weighted by molar-refractivity contribution is -0.0926. The monoisotopic (exact) mass is 353 g/mol. The maximum absolute atomic E-state index is 12.6. The van der Waals surface area contributed by atoms with E-state index < -0.39 is 0 Å². The van der Waals surface area contributed by atoms with Crippen molar-refractivity contribution in [3.63, 3.8) is 0 Å². The summed E-state index contributed by atoms with van der Waals surface area (Å²) < 4.78 is 6.18. The lowest BCUT2D eigenvalue weighted by atomic mass is 9.82. The first-order valence-electron chi connectivity index (χ1n) is 7.43. The molecule has 0 aromatic carbocycles. The summed E-state index contributed by atoms with van der Waals surface area (Å²) in [5.41, 5.74) is 1.17. The van der Waals surface area contributed by atoms with Gasteiger partial charge in [0.25, 0.3) is 5.91 Å². The van der Waals surface area contributed by atoms with Gasteiger partial charge in [-0.3, -0.25) is 4.79 Å². The van der Waals surface area contributed by atoms with E-state index in [0.29, 0.717) is 9.90 Å². The Morgan fingerprint density at radius 1 is 1.23 bits per heavy atom. The van der Waals surface area contributed by atoms with Crippen LogP contribution in [0.4, 0.5) is 0 Å². The Hall–Kier alpha value is -0.880. The topological polar surface area (TPSA) is 29.5 Å². The molecule has 0 N–H and O–H groups in total. The molecule has 2 aliphatic heterocycles. The van der Waals surface area contributed by atoms with Gasteiger partial charge in [-0.15, -0.1) is 22.7 Å². The van der Waals surface area contributed by atoms with Crippen molar-refractivity contribution in [2.24, 2.45) is 0 Å². The van der Waals surface area contributed by atoms with Gasteiger partial charge in [0, 0.05) is 24.4 Å². The van der Waals surface area contributed by atoms with Crippen LogP contribution in [0.25, 0.3) is 0 Å². The van der Waals surface area contributed by atoms with Crippen LogP contribution >= 0.6 is 34.3 Å². The average Bonchev–Trinajstić information content (AvgIpc) is 3.17. The lowest BCUT2D eigenvalue weighted by Crippen LogP contribution is -2.48. The largest absolute Gasteiger partial charge is 0.370 e. The second-order valence-corrected chi connectivity index (χ2v) is 8.06. The number of amides is 1. The zero-order valence-electron chi connectivity index (χ0n) is 12.0. The van der Waals surface area contributed by atoms with Gasteiger partial charge in [0.1, 0.15) is 4.88 Å². The van der Waals surface area contributed by atoms with Crippen molar-refractivity contribution in [2.75, 3.05) is 19.7 Å². The van der Waals surface area contributed by atoms with E-state index in [0.717, 1.165) is 39.0 Å². The van der Waals surface area contributed by atoms with Crippen LogP contribution < -0.4 is 0 Å². The van der Waals surface area contributed by atoms with Gasteiger partial charge < -0.3 is 9.64 Å². The third-order valence-corrected chi connectivity index (χ3v) is 6.92. The molecule has 6 heteroatoms. The zero-order chi connectivity index (χ0) is 15.2. The number of rotatable bonds is 1. The molecule has 4 heterocycles. The van der Waals surface area contributed by atoms with Gasteiger partial charge in [0.2, 0.25) is 0 Å². The highest BCUT2D eigenvalue weighted by atomic mass is 35.5. The number of fused-ring (bicyclic) bond motifs is 2. The molecule has 4 rings (SSSR count). The fraction of sp³-hybridized carbons (Fsp3) is 0.438. The standard InChI is InChI=1S/C16H16ClNO2S2/c17-12-3-10-22-14(12)15(19)18-6-4-16(5-7-18)11-2-9-21-13(11)1-8-20-16/h2-3,9-10H,1,4-8H2. The van der Waals surface area contributed by atoms with Crippen molar-refractivity contribution in [2.45, 2.75) is 24.9 Å². The van der Waals surface area contributed by atoms with Crippen LogP contribution in [0.1, 0.15) is 33.0 Å². The van der Waals surface area contributed by atoms with Crippen molar-refractivity contribution in [3.8, 4) is 0 Å². The molecule has 0 atom stereocenters. The van der Waals surface area contributed by atoms with Crippen molar-refractivity contribution < 1.29 is 9.53 Å². The fourth-order valence-corrected chi connectivity index (χ4v) is 5.49. The second-order valence-electron chi connectivity index (χ2n) is 5.74. The van der Waals surface area contributed by atoms with Crippen molar-refractivity contribution >= 4 is 40.2 Å². The lowest BCUT2D eigenvalue weighted by Gasteiger charge is -2.44. The Labute approximate surface area is 142 Å². The van der Waals surface area contributed by atoms with Gasteiger partial charge in [-0.2, -0.15) is 0 Å². The van der Waals surface area contributed by atoms with Crippen LogP contribution in [0, 0.1) is 0 Å². The van der Waals surface area contributed by atoms with Crippen molar-refractivity contribution in [1.29, 1.82) is 0 Å². The van der Waals surface area contributed by atoms with Crippen LogP contribution in [0.3, 0.4) is 0 Å². The molecule has 0 aliphatic carbocycles. The maximum atomic E-state index is 12.6. The highest BCUT2D eigenvalue weighted by Gasteiger charge is 2.42. The highest BCUT2D eigenvalue weighted by Crippen LogP contribution is 2.43. The molecular formula is C16H16ClNO2S2. The maximum Gasteiger partial charge on any atom is 0.265 e. The molecule has 22 heavy (non-hydrogen) atoms. The normalized spacial score (nSPS) is 20.1. The SMILES string of the molecule is O=C(c1sccc1Cl)N1CCC2(CC1)OCCc1sccc12. The van der Waals surface area contributed by atoms with Gasteiger partial charge in [0.05, 0.1) is 17.2 Å². The molecule has 1 saturated heterocycles. The molecule has 0 radical (unpaired) electrons. The Kier molecular flexibility index (Phi) is 3.77. The van der Waals surface area contributed by atoms with Gasteiger partial charge in [-0.05, 0) is 41.3 Å². The van der Waals surface area contributed by atoms with E-state index in [1.807, 2.05) is 21.6 Å². The molecule has 1 fully saturated rings. The number of halogens is 1. The summed E-state index contributed by atoms with van der Waals surface area (Å²) in [7, 11) is 0. The predicted octanol–water partition coefficient (Wildman–Crippen LogP) is 4.17. The number of likely N-dealkylation sites (tertiary alicyclic amines) is 1. The molecule has 1 spiro atoms. The highest BCUT2D eigenvalue weighted by molar-refractivity contribution is 7.12. The van der Waals surface area contributed by atoms with Gasteiger partial charge in [0.15, 0.2) is 0 Å². The molecule has 0 bridgehead atoms. The molecule has 3 nitrogen and oxygen atoms in total. The van der Waals surface area contributed by atoms with Crippen LogP contribution in [0.15, 0.2) is 22.9 Å². The first kappa shape index (κ1) is 14.7. The molecule has 2 aromatic heterocycles. The number of hydrogen-bond acceptors (Lipinski definition) is 4. The van der Waals surface area contributed by atoms with Gasteiger partial charge in [-0.1, -0.05) is 11.6 Å². The number of carbonyl (C=O) groups excluding carboxylic acids is 1. The minimum Gasteiger partial charge on any atom is -0.370 e. The molecular weight excluding hydrogens is 338 g/mol. The minimum atomic E-state index is -0.177. The number of hydrogen-bond donors (Lipinski definition) is 0. The molecule has 2 aliphatic rings. The summed E-state index contributed by atoms with van der Waals surface area (Å²) >= 11 is 9.33. The van der Waals surface area contributed by atoms with Crippen molar-refractivity contribution in [1.82, 2.24) is 4.90 Å². The van der Waals surface area contributed by atoms with E-state index in [1.165, 1.54) is 21.8 Å². The van der Waals surface area contributed by atoms with Crippen molar-refractivity contribution in [3.05, 3.63) is 43.2 Å². The minimum absolute atomic E-state index is 0.0520. The fourth-order valence-electron chi connectivity index (χ4n) is 3.43. The van der Waals surface area contributed by atoms with E-state index in [-0.39, 0.29) is 11.5 Å². The van der Waals surface area contributed by atoms with Gasteiger partial charge in [-0.25, -0.2) is 0 Å². The average molecular weight is 354 g/mol. The summed E-state index contributed by atoms with van der Waals surface area (Å²) in [6.45, 7) is 2.24. The van der Waals surface area contributed by atoms with E-state index in [9.17, 15) is 4.79 Å². The second kappa shape index (κ2) is 5.64. The smallest absolute Gasteiger partial charge is 0.265 e. The van der Waals surface area contributed by atoms with E-state index >= 15 is 0 Å². The molecule has 0 saturated carbocycles. The number of thiophene rings is 2. The number of carbonyl (C=O) groups is 1. The zero-order valence-corrected chi connectivity index (χ0v) is 14.4. The molecule has 116 valence electrons. The number of nitrogens with zero attached hydrogens (tertiary/aromatic N) is 1. The molecule has 2 aromatic rings. The van der Waals surface area contributed by atoms with Crippen LogP contribution in [0.2, 0.25) is 5.02 Å². The van der Waals surface area contributed by atoms with Crippen LogP contribution in [-0.4, -0.2) is 30.5 Å². The summed E-state index contributed by atoms with van der Waals surface area (Å²) in [5.74, 6) is 0.0520. The molecule has 1 amide bonds. The Morgan fingerprint density at radius 2 is 2.00 bits per heavy atom. The van der Waals surface area contributed by atoms with E-state index in [4.69, 9.17) is 16.3 Å². The van der Waals surface area contributed by atoms with Gasteiger partial charge >= 0.3 is 0 Å². The first-order valence-corrected chi connectivity index (χ1v) is 9.56. The predicted molar refractivity (Wildman–Crippen MR) is 90.1 cm³/mol. The number of piperidine rings is 1. The third kappa shape index (κ3) is 2.31. The van der Waals surface area contributed by atoms with Crippen LogP contribution in [0.5, 0.6) is 0 Å². The summed E-state index contributed by atoms with van der Waals surface area (Å²) in [6, 6.07) is 3.99. The summed E-state index contributed by atoms with van der Waals surface area (Å²) in [4.78, 5) is 16.6. The summed E-state index contributed by atoms with van der Waals surface area (Å²) in [6.07, 6.45) is 2.75. The van der Waals surface area contributed by atoms with E-state index in [1.54, 1.807) is 6.07 Å². The molecule has 0 unspecified atom stereocenters. The quantitative estimate of drug-likeness (QED) is 0.770.